The van der Waals surface area contributed by atoms with Gasteiger partial charge in [-0.3, -0.25) is 14.3 Å². The number of hydrogen-bond donors (Lipinski definition) is 1. The third-order valence-electron chi connectivity index (χ3n) is 5.41. The van der Waals surface area contributed by atoms with Gasteiger partial charge in [-0.1, -0.05) is 20.8 Å². The molecule has 1 fully saturated rings. The predicted octanol–water partition coefficient (Wildman–Crippen LogP) is 4.31. The summed E-state index contributed by atoms with van der Waals surface area (Å²) in [6, 6.07) is 0. The summed E-state index contributed by atoms with van der Waals surface area (Å²) in [5.41, 5.74) is -1.17. The van der Waals surface area contributed by atoms with E-state index in [2.05, 4.69) is 23.8 Å². The van der Waals surface area contributed by atoms with Gasteiger partial charge in [0.05, 0.1) is 29.9 Å². The first-order chi connectivity index (χ1) is 13.8. The first-order valence-electron chi connectivity index (χ1n) is 11.3. The van der Waals surface area contributed by atoms with Crippen LogP contribution in [-0.2, 0) is 23.4 Å². The molecule has 0 radical (unpaired) electrons. The van der Waals surface area contributed by atoms with E-state index in [1.165, 1.54) is 0 Å². The zero-order chi connectivity index (χ0) is 23.0. The molecule has 0 spiro atoms. The molecule has 178 valence electrons. The molecule has 1 aliphatic rings. The molecular weight excluding hydrogens is 403 g/mol. The Balaban J connectivity index is 2.55. The zero-order valence-corrected chi connectivity index (χ0v) is 21.3. The molecule has 2 atom stereocenters. The Hall–Kier alpha value is -0.460. The van der Waals surface area contributed by atoms with Crippen LogP contribution in [0.2, 0.25) is 0 Å². The molecule has 1 N–H and O–H groups in total. The zero-order valence-electron chi connectivity index (χ0n) is 20.5. The largest absolute Gasteiger partial charge is 0.464 e. The van der Waals surface area contributed by atoms with Crippen LogP contribution in [0, 0.1) is 11.3 Å². The topological polar surface area (TPSA) is 77.1 Å². The highest BCUT2D eigenvalue weighted by atomic mass is 31.2. The van der Waals surface area contributed by atoms with Crippen LogP contribution in [0.15, 0.2) is 0 Å². The van der Waals surface area contributed by atoms with Crippen molar-refractivity contribution in [3.63, 3.8) is 0 Å². The van der Waals surface area contributed by atoms with Gasteiger partial charge in [0.25, 0.3) is 7.52 Å². The second-order valence-electron chi connectivity index (χ2n) is 10.2. The number of carbonyl (C=O) groups is 1. The maximum atomic E-state index is 13.6. The third kappa shape index (κ3) is 9.35. The van der Waals surface area contributed by atoms with Crippen LogP contribution in [0.3, 0.4) is 0 Å². The second-order valence-corrected chi connectivity index (χ2v) is 12.5. The van der Waals surface area contributed by atoms with Crippen LogP contribution in [0.1, 0.15) is 68.2 Å². The van der Waals surface area contributed by atoms with Gasteiger partial charge in [0.2, 0.25) is 0 Å². The van der Waals surface area contributed by atoms with Gasteiger partial charge in [-0.05, 0) is 59.9 Å². The maximum Gasteiger partial charge on any atom is 0.311 e. The van der Waals surface area contributed by atoms with Crippen LogP contribution in [0.5, 0.6) is 0 Å². The molecule has 0 aromatic carbocycles. The Morgan fingerprint density at radius 1 is 1.17 bits per heavy atom. The van der Waals surface area contributed by atoms with Crippen molar-refractivity contribution in [2.45, 2.75) is 79.5 Å². The van der Waals surface area contributed by atoms with E-state index in [9.17, 15) is 9.36 Å². The molecule has 0 amide bonds. The maximum absolute atomic E-state index is 13.6. The van der Waals surface area contributed by atoms with Crippen molar-refractivity contribution in [3.8, 4) is 0 Å². The number of morpholine rings is 1. The smallest absolute Gasteiger partial charge is 0.311 e. The summed E-state index contributed by atoms with van der Waals surface area (Å²) < 4.78 is 30.5. The SMILES string of the molecule is CCC(C(C)C)P(=O)(NCCOC(=O)C(C)(C)CCN1CCOCC1)OC(C)(C)C. The van der Waals surface area contributed by atoms with Crippen LogP contribution in [0.25, 0.3) is 0 Å². The number of esters is 1. The standard InChI is InChI=1S/C22H45N2O5P/c1-9-19(18(2)3)30(26,29-21(4,5)6)23-11-15-28-20(25)22(7,8)10-12-24-13-16-27-17-14-24/h18-19H,9-17H2,1-8H3,(H,23,26). The highest BCUT2D eigenvalue weighted by Gasteiger charge is 2.38. The first-order valence-corrected chi connectivity index (χ1v) is 13.0. The number of carbonyl (C=O) groups excluding carboxylic acids is 1. The molecule has 0 aromatic rings. The minimum absolute atomic E-state index is 0.0858. The van der Waals surface area contributed by atoms with Crippen LogP contribution in [0.4, 0.5) is 0 Å². The van der Waals surface area contributed by atoms with Gasteiger partial charge in [-0.15, -0.1) is 0 Å². The molecule has 7 nitrogen and oxygen atoms in total. The van der Waals surface area contributed by atoms with E-state index in [4.69, 9.17) is 14.0 Å². The fourth-order valence-corrected chi connectivity index (χ4v) is 6.55. The van der Waals surface area contributed by atoms with Crippen molar-refractivity contribution >= 4 is 13.5 Å². The molecule has 1 aliphatic heterocycles. The van der Waals surface area contributed by atoms with E-state index in [1.807, 2.05) is 41.5 Å². The number of hydrogen-bond acceptors (Lipinski definition) is 6. The highest BCUT2D eigenvalue weighted by molar-refractivity contribution is 7.57. The van der Waals surface area contributed by atoms with Crippen LogP contribution >= 0.6 is 7.52 Å². The molecule has 30 heavy (non-hydrogen) atoms. The monoisotopic (exact) mass is 448 g/mol. The van der Waals surface area contributed by atoms with Gasteiger partial charge < -0.3 is 14.0 Å². The third-order valence-corrected chi connectivity index (χ3v) is 8.73. The van der Waals surface area contributed by atoms with Crippen molar-refractivity contribution in [1.29, 1.82) is 0 Å². The molecule has 0 aromatic heterocycles. The first kappa shape index (κ1) is 27.6. The lowest BCUT2D eigenvalue weighted by atomic mass is 9.89. The summed E-state index contributed by atoms with van der Waals surface area (Å²) >= 11 is 0. The van der Waals surface area contributed by atoms with Gasteiger partial charge in [-0.25, -0.2) is 5.09 Å². The van der Waals surface area contributed by atoms with E-state index >= 15 is 0 Å². The van der Waals surface area contributed by atoms with E-state index in [-0.39, 0.29) is 24.2 Å². The van der Waals surface area contributed by atoms with Gasteiger partial charge in [0.1, 0.15) is 6.61 Å². The summed E-state index contributed by atoms with van der Waals surface area (Å²) in [5, 5.41) is 3.11. The fourth-order valence-electron chi connectivity index (χ4n) is 3.63. The van der Waals surface area contributed by atoms with Crippen molar-refractivity contribution in [2.75, 3.05) is 46.0 Å². The Morgan fingerprint density at radius 2 is 1.77 bits per heavy atom. The van der Waals surface area contributed by atoms with Crippen molar-refractivity contribution in [2.24, 2.45) is 11.3 Å². The van der Waals surface area contributed by atoms with E-state index in [1.54, 1.807) is 0 Å². The summed E-state index contributed by atoms with van der Waals surface area (Å²) in [6.07, 6.45) is 1.49. The Bertz CT molecular complexity index is 568. The molecule has 2 unspecified atom stereocenters. The number of nitrogens with one attached hydrogen (secondary N) is 1. The molecule has 0 saturated carbocycles. The van der Waals surface area contributed by atoms with Crippen molar-refractivity contribution < 1.29 is 23.4 Å². The fraction of sp³-hybridized carbons (Fsp3) is 0.955. The number of rotatable bonds is 12. The molecule has 1 rings (SSSR count). The second kappa shape index (κ2) is 12.0. The average molecular weight is 449 g/mol. The van der Waals surface area contributed by atoms with Crippen LogP contribution in [-0.4, -0.2) is 68.1 Å². The average Bonchev–Trinajstić information content (AvgIpc) is 2.63. The van der Waals surface area contributed by atoms with Gasteiger partial charge in [0.15, 0.2) is 0 Å². The van der Waals surface area contributed by atoms with Crippen LogP contribution < -0.4 is 5.09 Å². The molecule has 0 bridgehead atoms. The van der Waals surface area contributed by atoms with Crippen molar-refractivity contribution in [1.82, 2.24) is 9.99 Å². The van der Waals surface area contributed by atoms with E-state index < -0.39 is 18.5 Å². The summed E-state index contributed by atoms with van der Waals surface area (Å²) in [6.45, 7) is 20.4. The summed E-state index contributed by atoms with van der Waals surface area (Å²) in [7, 11) is -3.10. The summed E-state index contributed by atoms with van der Waals surface area (Å²) in [5.74, 6) is -0.00242. The Labute approximate surface area is 184 Å². The molecular formula is C22H45N2O5P. The number of nitrogens with zero attached hydrogens (tertiary/aromatic N) is 1. The van der Waals surface area contributed by atoms with Gasteiger partial charge in [-0.2, -0.15) is 0 Å². The minimum Gasteiger partial charge on any atom is -0.464 e. The molecule has 0 aliphatic carbocycles. The van der Waals surface area contributed by atoms with Gasteiger partial charge >= 0.3 is 5.97 Å². The molecule has 1 heterocycles. The quantitative estimate of drug-likeness (QED) is 0.271. The normalized spacial score (nSPS) is 19.5. The Morgan fingerprint density at radius 3 is 2.27 bits per heavy atom. The number of ether oxygens (including phenoxy) is 2. The molecule has 1 saturated heterocycles. The lowest BCUT2D eigenvalue weighted by Crippen LogP contribution is -2.40. The van der Waals surface area contributed by atoms with E-state index in [0.717, 1.165) is 45.7 Å². The Kier molecular flexibility index (Phi) is 11.0. The summed E-state index contributed by atoms with van der Waals surface area (Å²) in [4.78, 5) is 14.9. The van der Waals surface area contributed by atoms with Gasteiger partial charge in [0, 0.05) is 19.6 Å². The lowest BCUT2D eigenvalue weighted by molar-refractivity contribution is -0.154. The highest BCUT2D eigenvalue weighted by Crippen LogP contribution is 2.54. The lowest BCUT2D eigenvalue weighted by Gasteiger charge is -2.35. The molecule has 8 heteroatoms. The minimum atomic E-state index is -3.10. The van der Waals surface area contributed by atoms with E-state index in [0.29, 0.717) is 6.54 Å². The van der Waals surface area contributed by atoms with Crippen molar-refractivity contribution in [3.05, 3.63) is 0 Å². The predicted molar refractivity (Wildman–Crippen MR) is 122 cm³/mol.